The fourth-order valence-corrected chi connectivity index (χ4v) is 7.74. The van der Waals surface area contributed by atoms with Gasteiger partial charge in [0, 0.05) is 16.9 Å². The lowest BCUT2D eigenvalue weighted by Crippen LogP contribution is -2.49. The molecule has 2 aromatic carbocycles. The summed E-state index contributed by atoms with van der Waals surface area (Å²) in [7, 11) is 1.64. The van der Waals surface area contributed by atoms with Crippen LogP contribution in [0.5, 0.6) is 5.75 Å². The summed E-state index contributed by atoms with van der Waals surface area (Å²) < 4.78 is 7.02. The molecule has 2 bridgehead atoms. The van der Waals surface area contributed by atoms with E-state index in [0.29, 0.717) is 17.9 Å². The molecule has 2 aliphatic carbocycles. The highest BCUT2D eigenvalue weighted by molar-refractivity contribution is 6.03. The number of nitrogens with zero attached hydrogens (tertiary/aromatic N) is 1. The van der Waals surface area contributed by atoms with Crippen molar-refractivity contribution in [1.29, 1.82) is 0 Å². The Balaban J connectivity index is 1.43. The number of benzene rings is 2. The molecule has 0 radical (unpaired) electrons. The number of methoxy groups -OCH3 is 1. The Labute approximate surface area is 213 Å². The van der Waals surface area contributed by atoms with E-state index in [1.54, 1.807) is 17.7 Å². The fraction of sp³-hybridized carbons (Fsp3) is 0.484. The zero-order valence-electron chi connectivity index (χ0n) is 22.2. The highest BCUT2D eigenvalue weighted by atomic mass is 16.5. The smallest absolute Gasteiger partial charge is 0.251 e. The summed E-state index contributed by atoms with van der Waals surface area (Å²) in [6.45, 7) is 9.73. The van der Waals surface area contributed by atoms with Gasteiger partial charge in [-0.25, -0.2) is 0 Å². The molecular formula is C31H38N2O3. The molecule has 1 amide bonds. The molecule has 1 N–H and O–H groups in total. The maximum Gasteiger partial charge on any atom is 0.251 e. The Morgan fingerprint density at radius 1 is 0.972 bits per heavy atom. The third kappa shape index (κ3) is 4.68. The van der Waals surface area contributed by atoms with Gasteiger partial charge in [0.25, 0.3) is 5.56 Å². The summed E-state index contributed by atoms with van der Waals surface area (Å²) in [6, 6.07) is 17.0. The Kier molecular flexibility index (Phi) is 6.01. The summed E-state index contributed by atoms with van der Waals surface area (Å²) in [5.41, 5.74) is 2.68. The first-order valence-electron chi connectivity index (χ1n) is 13.1. The summed E-state index contributed by atoms with van der Waals surface area (Å²) in [5, 5.41) is 4.16. The van der Waals surface area contributed by atoms with E-state index >= 15 is 0 Å². The van der Waals surface area contributed by atoms with Gasteiger partial charge in [-0.05, 0) is 84.7 Å². The molecule has 2 fully saturated rings. The largest absolute Gasteiger partial charge is 0.497 e. The van der Waals surface area contributed by atoms with E-state index in [4.69, 9.17) is 4.74 Å². The van der Waals surface area contributed by atoms with E-state index in [2.05, 4.69) is 33.0 Å². The predicted molar refractivity (Wildman–Crippen MR) is 146 cm³/mol. The van der Waals surface area contributed by atoms with Gasteiger partial charge in [0.15, 0.2) is 0 Å². The summed E-state index contributed by atoms with van der Waals surface area (Å²) in [5.74, 6) is 1.47. The number of hydrogen-bond donors (Lipinski definition) is 1. The number of rotatable bonds is 5. The maximum atomic E-state index is 13.8. The minimum absolute atomic E-state index is 0.0654. The van der Waals surface area contributed by atoms with Crippen LogP contribution in [0.1, 0.15) is 65.4 Å². The van der Waals surface area contributed by atoms with Crippen LogP contribution in [0.15, 0.2) is 59.4 Å². The first-order chi connectivity index (χ1) is 17.0. The number of hydrogen-bond acceptors (Lipinski definition) is 3. The van der Waals surface area contributed by atoms with Gasteiger partial charge in [0.1, 0.15) is 5.75 Å². The fourth-order valence-electron chi connectivity index (χ4n) is 7.74. The Hall–Kier alpha value is -3.08. The standard InChI is InChI=1S/C31H38N2O3/c1-29(2)15-22-16-30(3,19-29)20-31(4,17-22)28(35)32-25-7-6-8-26-24(25)13-14-27(34)33(26)18-21-9-11-23(36-5)12-10-21/h6-14,22H,15-20H2,1-5H3,(H,32,35). The number of nitrogens with one attached hydrogen (secondary N) is 1. The van der Waals surface area contributed by atoms with E-state index in [1.807, 2.05) is 48.5 Å². The second-order valence-electron chi connectivity index (χ2n) is 12.7. The van der Waals surface area contributed by atoms with Crippen LogP contribution in [0.3, 0.4) is 0 Å². The molecule has 5 rings (SSSR count). The zero-order valence-corrected chi connectivity index (χ0v) is 22.2. The Morgan fingerprint density at radius 2 is 1.72 bits per heavy atom. The number of fused-ring (bicyclic) bond motifs is 3. The van der Waals surface area contributed by atoms with Crippen LogP contribution >= 0.6 is 0 Å². The highest BCUT2D eigenvalue weighted by Gasteiger charge is 2.52. The van der Waals surface area contributed by atoms with E-state index < -0.39 is 5.41 Å². The van der Waals surface area contributed by atoms with Crippen molar-refractivity contribution in [3.8, 4) is 5.75 Å². The average Bonchev–Trinajstić information content (AvgIpc) is 2.79. The predicted octanol–water partition coefficient (Wildman–Crippen LogP) is 6.63. The maximum absolute atomic E-state index is 13.8. The van der Waals surface area contributed by atoms with Crippen LogP contribution in [0.4, 0.5) is 5.69 Å². The summed E-state index contributed by atoms with van der Waals surface area (Å²) in [6.07, 6.45) is 5.44. The number of aromatic nitrogens is 1. The van der Waals surface area contributed by atoms with Crippen molar-refractivity contribution in [2.45, 2.75) is 66.3 Å². The van der Waals surface area contributed by atoms with Crippen LogP contribution in [0.25, 0.3) is 10.9 Å². The van der Waals surface area contributed by atoms with E-state index in [0.717, 1.165) is 40.7 Å². The molecule has 190 valence electrons. The lowest BCUT2D eigenvalue weighted by atomic mass is 9.50. The van der Waals surface area contributed by atoms with E-state index in [1.165, 1.54) is 19.3 Å². The van der Waals surface area contributed by atoms with Crippen LogP contribution in [0, 0.1) is 22.2 Å². The zero-order chi connectivity index (χ0) is 25.7. The first-order valence-corrected chi connectivity index (χ1v) is 13.1. The molecule has 3 atom stereocenters. The molecule has 5 nitrogen and oxygen atoms in total. The molecule has 5 heteroatoms. The molecule has 3 unspecified atom stereocenters. The molecule has 36 heavy (non-hydrogen) atoms. The lowest BCUT2D eigenvalue weighted by Gasteiger charge is -2.55. The SMILES string of the molecule is COc1ccc(Cn2c(=O)ccc3c(NC(=O)C4(C)CC5CC(C)(C)CC(C)(C5)C4)cccc32)cc1. The van der Waals surface area contributed by atoms with Crippen molar-refractivity contribution in [1.82, 2.24) is 4.57 Å². The van der Waals surface area contributed by atoms with Gasteiger partial charge in [-0.2, -0.15) is 0 Å². The van der Waals surface area contributed by atoms with Gasteiger partial charge < -0.3 is 14.6 Å². The summed E-state index contributed by atoms with van der Waals surface area (Å²) >= 11 is 0. The monoisotopic (exact) mass is 486 g/mol. The van der Waals surface area contributed by atoms with Crippen LogP contribution < -0.4 is 15.6 Å². The van der Waals surface area contributed by atoms with Gasteiger partial charge in [0.2, 0.25) is 5.91 Å². The Morgan fingerprint density at radius 3 is 2.42 bits per heavy atom. The van der Waals surface area contributed by atoms with Crippen molar-refractivity contribution in [3.05, 3.63) is 70.5 Å². The number of anilines is 1. The molecule has 2 saturated carbocycles. The third-order valence-electron chi connectivity index (χ3n) is 8.41. The van der Waals surface area contributed by atoms with Gasteiger partial charge >= 0.3 is 0 Å². The van der Waals surface area contributed by atoms with Gasteiger partial charge in [0.05, 0.1) is 24.9 Å². The van der Waals surface area contributed by atoms with Gasteiger partial charge in [-0.3, -0.25) is 9.59 Å². The van der Waals surface area contributed by atoms with E-state index in [-0.39, 0.29) is 16.9 Å². The lowest BCUT2D eigenvalue weighted by molar-refractivity contribution is -0.135. The quantitative estimate of drug-likeness (QED) is 0.440. The minimum Gasteiger partial charge on any atom is -0.497 e. The molecule has 2 aliphatic rings. The van der Waals surface area contributed by atoms with Crippen molar-refractivity contribution in [2.75, 3.05) is 12.4 Å². The average molecular weight is 487 g/mol. The van der Waals surface area contributed by atoms with Crippen molar-refractivity contribution < 1.29 is 9.53 Å². The van der Waals surface area contributed by atoms with E-state index in [9.17, 15) is 9.59 Å². The molecule has 0 aliphatic heterocycles. The van der Waals surface area contributed by atoms with Gasteiger partial charge in [-0.1, -0.05) is 45.9 Å². The van der Waals surface area contributed by atoms with Crippen molar-refractivity contribution >= 4 is 22.5 Å². The molecule has 1 heterocycles. The van der Waals surface area contributed by atoms with Gasteiger partial charge in [-0.15, -0.1) is 0 Å². The molecular weight excluding hydrogens is 448 g/mol. The third-order valence-corrected chi connectivity index (χ3v) is 8.41. The topological polar surface area (TPSA) is 60.3 Å². The first kappa shape index (κ1) is 24.6. The number of pyridine rings is 1. The van der Waals surface area contributed by atoms with Crippen molar-refractivity contribution in [2.24, 2.45) is 22.2 Å². The molecule has 0 spiro atoms. The molecule has 0 saturated heterocycles. The molecule has 3 aromatic rings. The van der Waals surface area contributed by atoms with Crippen LogP contribution in [-0.2, 0) is 11.3 Å². The number of carbonyl (C=O) groups is 1. The second-order valence-corrected chi connectivity index (χ2v) is 12.7. The molecule has 1 aromatic heterocycles. The minimum atomic E-state index is -0.395. The Bertz CT molecular complexity index is 1350. The number of carbonyl (C=O) groups excluding carboxylic acids is 1. The van der Waals surface area contributed by atoms with Crippen LogP contribution in [-0.4, -0.2) is 17.6 Å². The number of ether oxygens (including phenoxy) is 1. The normalized spacial score (nSPS) is 27.0. The second kappa shape index (κ2) is 8.79. The summed E-state index contributed by atoms with van der Waals surface area (Å²) in [4.78, 5) is 26.6. The van der Waals surface area contributed by atoms with Crippen molar-refractivity contribution in [3.63, 3.8) is 0 Å². The highest BCUT2D eigenvalue weighted by Crippen LogP contribution is 2.60. The number of amides is 1. The van der Waals surface area contributed by atoms with Crippen LogP contribution in [0.2, 0.25) is 0 Å².